The lowest BCUT2D eigenvalue weighted by molar-refractivity contribution is -0.143. The summed E-state index contributed by atoms with van der Waals surface area (Å²) in [6.45, 7) is 5.91. The third kappa shape index (κ3) is 18.9. The molecule has 4 heteroatoms. The zero-order valence-electron chi connectivity index (χ0n) is 20.4. The SMILES string of the molecule is CCCCCCCCCCCCCCCCCCCCC(=O)NC(C(=O)O)C(C)C. The third-order valence-electron chi connectivity index (χ3n) is 6.01. The molecule has 0 radical (unpaired) electrons. The molecule has 0 aromatic heterocycles. The number of rotatable bonds is 22. The molecule has 1 unspecified atom stereocenters. The highest BCUT2D eigenvalue weighted by Crippen LogP contribution is 2.14. The Bertz CT molecular complexity index is 409. The van der Waals surface area contributed by atoms with Gasteiger partial charge in [-0.1, -0.05) is 130 Å². The molecule has 30 heavy (non-hydrogen) atoms. The second-order valence-electron chi connectivity index (χ2n) is 9.39. The van der Waals surface area contributed by atoms with Crippen molar-refractivity contribution in [3.8, 4) is 0 Å². The van der Waals surface area contributed by atoms with Crippen LogP contribution in [-0.4, -0.2) is 23.0 Å². The van der Waals surface area contributed by atoms with E-state index < -0.39 is 12.0 Å². The first-order chi connectivity index (χ1) is 14.5. The average Bonchev–Trinajstić information content (AvgIpc) is 2.70. The van der Waals surface area contributed by atoms with Crippen molar-refractivity contribution in [3.05, 3.63) is 0 Å². The highest BCUT2D eigenvalue weighted by Gasteiger charge is 2.22. The van der Waals surface area contributed by atoms with Gasteiger partial charge >= 0.3 is 5.97 Å². The van der Waals surface area contributed by atoms with E-state index in [1.165, 1.54) is 103 Å². The van der Waals surface area contributed by atoms with E-state index in [2.05, 4.69) is 12.2 Å². The van der Waals surface area contributed by atoms with E-state index in [0.717, 1.165) is 12.8 Å². The molecule has 0 spiro atoms. The summed E-state index contributed by atoms with van der Waals surface area (Å²) in [5, 5.41) is 11.7. The van der Waals surface area contributed by atoms with Crippen molar-refractivity contribution in [1.82, 2.24) is 5.32 Å². The summed E-state index contributed by atoms with van der Waals surface area (Å²) in [6.07, 6.45) is 24.3. The first-order valence-corrected chi connectivity index (χ1v) is 13.0. The van der Waals surface area contributed by atoms with Crippen LogP contribution < -0.4 is 5.32 Å². The van der Waals surface area contributed by atoms with Crippen LogP contribution in [0.3, 0.4) is 0 Å². The second-order valence-corrected chi connectivity index (χ2v) is 9.39. The lowest BCUT2D eigenvalue weighted by Gasteiger charge is -2.17. The first kappa shape index (κ1) is 28.9. The van der Waals surface area contributed by atoms with Gasteiger partial charge in [-0.25, -0.2) is 4.79 Å². The summed E-state index contributed by atoms with van der Waals surface area (Å²) in [5.74, 6) is -1.17. The van der Waals surface area contributed by atoms with Crippen LogP contribution in [0.25, 0.3) is 0 Å². The monoisotopic (exact) mass is 425 g/mol. The molecule has 4 nitrogen and oxygen atoms in total. The van der Waals surface area contributed by atoms with Crippen molar-refractivity contribution in [1.29, 1.82) is 0 Å². The van der Waals surface area contributed by atoms with E-state index in [-0.39, 0.29) is 11.8 Å². The summed E-state index contributed by atoms with van der Waals surface area (Å²) in [7, 11) is 0. The van der Waals surface area contributed by atoms with E-state index in [0.29, 0.717) is 6.42 Å². The molecule has 0 rings (SSSR count). The zero-order valence-corrected chi connectivity index (χ0v) is 20.4. The topological polar surface area (TPSA) is 66.4 Å². The maximum Gasteiger partial charge on any atom is 0.326 e. The quantitative estimate of drug-likeness (QED) is 0.175. The number of carbonyl (C=O) groups is 2. The molecule has 2 N–H and O–H groups in total. The lowest BCUT2D eigenvalue weighted by Crippen LogP contribution is -2.44. The maximum absolute atomic E-state index is 11.9. The second kappa shape index (κ2) is 21.2. The number of hydrogen-bond donors (Lipinski definition) is 2. The van der Waals surface area contributed by atoms with Gasteiger partial charge < -0.3 is 10.4 Å². The zero-order chi connectivity index (χ0) is 22.5. The van der Waals surface area contributed by atoms with E-state index in [1.54, 1.807) is 0 Å². The van der Waals surface area contributed by atoms with E-state index in [9.17, 15) is 9.59 Å². The van der Waals surface area contributed by atoms with Gasteiger partial charge in [-0.2, -0.15) is 0 Å². The number of hydrogen-bond acceptors (Lipinski definition) is 2. The van der Waals surface area contributed by atoms with Crippen molar-refractivity contribution in [2.24, 2.45) is 5.92 Å². The Morgan fingerprint density at radius 1 is 0.633 bits per heavy atom. The van der Waals surface area contributed by atoms with Crippen molar-refractivity contribution < 1.29 is 14.7 Å². The van der Waals surface area contributed by atoms with E-state index >= 15 is 0 Å². The van der Waals surface area contributed by atoms with Crippen LogP contribution >= 0.6 is 0 Å². The minimum atomic E-state index is -0.948. The average molecular weight is 426 g/mol. The van der Waals surface area contributed by atoms with Gasteiger partial charge in [0.25, 0.3) is 0 Å². The fourth-order valence-corrected chi connectivity index (χ4v) is 3.95. The third-order valence-corrected chi connectivity index (χ3v) is 6.01. The van der Waals surface area contributed by atoms with Gasteiger partial charge in [0, 0.05) is 6.42 Å². The lowest BCUT2D eigenvalue weighted by atomic mass is 10.0. The largest absolute Gasteiger partial charge is 0.480 e. The van der Waals surface area contributed by atoms with E-state index in [1.807, 2.05) is 13.8 Å². The minimum Gasteiger partial charge on any atom is -0.480 e. The minimum absolute atomic E-state index is 0.0910. The number of amides is 1. The molecule has 0 saturated carbocycles. The molecule has 178 valence electrons. The first-order valence-electron chi connectivity index (χ1n) is 13.0. The molecule has 0 aliphatic rings. The Morgan fingerprint density at radius 3 is 1.27 bits per heavy atom. The fourth-order valence-electron chi connectivity index (χ4n) is 3.95. The van der Waals surface area contributed by atoms with Crippen LogP contribution in [0.15, 0.2) is 0 Å². The van der Waals surface area contributed by atoms with Gasteiger partial charge in [0.05, 0.1) is 0 Å². The smallest absolute Gasteiger partial charge is 0.326 e. The normalized spacial score (nSPS) is 12.3. The molecule has 1 amide bonds. The molecule has 0 aromatic rings. The summed E-state index contributed by atoms with van der Waals surface area (Å²) in [5.41, 5.74) is 0. The fraction of sp³-hybridized carbons (Fsp3) is 0.923. The van der Waals surface area contributed by atoms with Crippen LogP contribution in [0.1, 0.15) is 143 Å². The predicted molar refractivity (Wildman–Crippen MR) is 128 cm³/mol. The number of nitrogens with one attached hydrogen (secondary N) is 1. The standard InChI is InChI=1S/C26H51NO3/c1-4-5-6-7-8-9-10-11-12-13-14-15-16-17-18-19-20-21-22-24(28)27-25(23(2)3)26(29)30/h23,25H,4-22H2,1-3H3,(H,27,28)(H,29,30). The summed E-state index contributed by atoms with van der Waals surface area (Å²) in [4.78, 5) is 23.0. The van der Waals surface area contributed by atoms with Crippen molar-refractivity contribution >= 4 is 11.9 Å². The highest BCUT2D eigenvalue weighted by atomic mass is 16.4. The number of carboxylic acid groups (broad SMARTS) is 1. The molecule has 0 aromatic carbocycles. The molecule has 0 aliphatic carbocycles. The molecular formula is C26H51NO3. The van der Waals surface area contributed by atoms with Gasteiger partial charge in [-0.3, -0.25) is 4.79 Å². The Kier molecular flexibility index (Phi) is 20.4. The van der Waals surface area contributed by atoms with Crippen molar-refractivity contribution in [3.63, 3.8) is 0 Å². The number of carboxylic acids is 1. The van der Waals surface area contributed by atoms with Crippen LogP contribution in [0.4, 0.5) is 0 Å². The van der Waals surface area contributed by atoms with Crippen LogP contribution in [-0.2, 0) is 9.59 Å². The van der Waals surface area contributed by atoms with Gasteiger partial charge in [0.1, 0.15) is 6.04 Å². The number of carbonyl (C=O) groups excluding carboxylic acids is 1. The molecule has 0 saturated heterocycles. The molecular weight excluding hydrogens is 374 g/mol. The molecule has 0 aliphatic heterocycles. The summed E-state index contributed by atoms with van der Waals surface area (Å²) < 4.78 is 0. The van der Waals surface area contributed by atoms with Crippen LogP contribution in [0.2, 0.25) is 0 Å². The molecule has 0 bridgehead atoms. The Balaban J connectivity index is 3.30. The molecule has 1 atom stereocenters. The maximum atomic E-state index is 11.9. The highest BCUT2D eigenvalue weighted by molar-refractivity contribution is 5.83. The summed E-state index contributed by atoms with van der Waals surface area (Å²) >= 11 is 0. The Labute approximate surface area is 187 Å². The van der Waals surface area contributed by atoms with Gasteiger partial charge in [0.15, 0.2) is 0 Å². The van der Waals surface area contributed by atoms with Crippen LogP contribution in [0.5, 0.6) is 0 Å². The van der Waals surface area contributed by atoms with Gasteiger partial charge in [-0.05, 0) is 12.3 Å². The number of aliphatic carboxylic acids is 1. The Hall–Kier alpha value is -1.06. The number of unbranched alkanes of at least 4 members (excludes halogenated alkanes) is 17. The molecule has 0 fully saturated rings. The van der Waals surface area contributed by atoms with Crippen molar-refractivity contribution in [2.75, 3.05) is 0 Å². The van der Waals surface area contributed by atoms with Crippen molar-refractivity contribution in [2.45, 2.75) is 149 Å². The van der Waals surface area contributed by atoms with Gasteiger partial charge in [0.2, 0.25) is 5.91 Å². The molecule has 0 heterocycles. The predicted octanol–water partition coefficient (Wildman–Crippen LogP) is 7.64. The summed E-state index contributed by atoms with van der Waals surface area (Å²) in [6, 6.07) is -0.770. The van der Waals surface area contributed by atoms with Gasteiger partial charge in [-0.15, -0.1) is 0 Å². The van der Waals surface area contributed by atoms with Crippen LogP contribution in [0, 0.1) is 5.92 Å². The van der Waals surface area contributed by atoms with E-state index in [4.69, 9.17) is 5.11 Å². The Morgan fingerprint density at radius 2 is 0.967 bits per heavy atom.